The van der Waals surface area contributed by atoms with E-state index in [1.807, 2.05) is 25.1 Å². The highest BCUT2D eigenvalue weighted by molar-refractivity contribution is 5.67. The Hall–Kier alpha value is -2.95. The third-order valence-corrected chi connectivity index (χ3v) is 4.68. The van der Waals surface area contributed by atoms with Crippen molar-refractivity contribution in [3.8, 4) is 0 Å². The first-order valence-corrected chi connectivity index (χ1v) is 9.82. The Bertz CT molecular complexity index is 893. The lowest BCUT2D eigenvalue weighted by molar-refractivity contribution is 0.837. The van der Waals surface area contributed by atoms with Crippen LogP contribution in [0.5, 0.6) is 0 Å². The molecule has 0 amide bonds. The van der Waals surface area contributed by atoms with Gasteiger partial charge >= 0.3 is 0 Å². The highest BCUT2D eigenvalue weighted by Gasteiger charge is 2.15. The molecule has 0 saturated heterocycles. The number of rotatable bonds is 7. The Balaban J connectivity index is 1.88. The fourth-order valence-electron chi connectivity index (χ4n) is 3.22. The number of benzene rings is 1. The topological polar surface area (TPSA) is 62.7 Å². The number of para-hydroxylation sites is 1. The molecule has 2 heterocycles. The number of aromatic nitrogens is 3. The van der Waals surface area contributed by atoms with Crippen LogP contribution < -0.4 is 10.6 Å². The van der Waals surface area contributed by atoms with Crippen LogP contribution in [0.3, 0.4) is 0 Å². The second-order valence-corrected chi connectivity index (χ2v) is 7.67. The van der Waals surface area contributed by atoms with Gasteiger partial charge in [0.15, 0.2) is 0 Å². The average Bonchev–Trinajstić information content (AvgIpc) is 2.66. The van der Waals surface area contributed by atoms with E-state index < -0.39 is 0 Å². The van der Waals surface area contributed by atoms with E-state index in [1.165, 1.54) is 11.1 Å². The van der Waals surface area contributed by atoms with Crippen LogP contribution in [0.4, 0.5) is 17.5 Å². The number of aryl methyl sites for hydroxylation is 1. The van der Waals surface area contributed by atoms with Gasteiger partial charge in [-0.05, 0) is 47.6 Å². The summed E-state index contributed by atoms with van der Waals surface area (Å²) in [6.07, 6.45) is 3.58. The summed E-state index contributed by atoms with van der Waals surface area (Å²) in [5, 5.41) is 6.89. The predicted molar refractivity (Wildman–Crippen MR) is 116 cm³/mol. The van der Waals surface area contributed by atoms with Gasteiger partial charge in [0.2, 0.25) is 5.95 Å². The zero-order valence-corrected chi connectivity index (χ0v) is 17.3. The molecule has 0 aliphatic carbocycles. The normalized spacial score (nSPS) is 11.1. The second-order valence-electron chi connectivity index (χ2n) is 7.67. The average molecular weight is 376 g/mol. The maximum Gasteiger partial charge on any atom is 0.225 e. The monoisotopic (exact) mass is 375 g/mol. The molecule has 28 heavy (non-hydrogen) atoms. The molecule has 5 nitrogen and oxygen atoms in total. The van der Waals surface area contributed by atoms with Crippen LogP contribution in [0.2, 0.25) is 0 Å². The van der Waals surface area contributed by atoms with E-state index in [2.05, 4.69) is 66.5 Å². The van der Waals surface area contributed by atoms with Gasteiger partial charge in [0.1, 0.15) is 5.82 Å². The molecule has 2 aromatic heterocycles. The third kappa shape index (κ3) is 4.85. The van der Waals surface area contributed by atoms with Gasteiger partial charge in [0, 0.05) is 36.4 Å². The molecule has 1 aromatic carbocycles. The number of hydrogen-bond acceptors (Lipinski definition) is 5. The lowest BCUT2D eigenvalue weighted by Crippen LogP contribution is -2.08. The molecule has 2 N–H and O–H groups in total. The molecule has 0 fully saturated rings. The summed E-state index contributed by atoms with van der Waals surface area (Å²) in [6.45, 7) is 11.5. The first kappa shape index (κ1) is 19.8. The van der Waals surface area contributed by atoms with Crippen LogP contribution in [0.25, 0.3) is 0 Å². The minimum absolute atomic E-state index is 0.424. The molecule has 0 saturated carbocycles. The highest BCUT2D eigenvalue weighted by atomic mass is 15.1. The SMILES string of the molecule is Cc1cc(Nc2c(C(C)C)cccc2C(C)C)nc(NCc2ccncc2)n1. The van der Waals surface area contributed by atoms with Crippen LogP contribution in [0, 0.1) is 6.92 Å². The summed E-state index contributed by atoms with van der Waals surface area (Å²) >= 11 is 0. The fraction of sp³-hybridized carbons (Fsp3) is 0.348. The van der Waals surface area contributed by atoms with E-state index in [-0.39, 0.29) is 0 Å². The van der Waals surface area contributed by atoms with Crippen LogP contribution in [-0.2, 0) is 6.54 Å². The number of hydrogen-bond donors (Lipinski definition) is 2. The van der Waals surface area contributed by atoms with Crippen molar-refractivity contribution < 1.29 is 0 Å². The van der Waals surface area contributed by atoms with E-state index in [9.17, 15) is 0 Å². The van der Waals surface area contributed by atoms with Crippen molar-refractivity contribution in [2.24, 2.45) is 0 Å². The van der Waals surface area contributed by atoms with Gasteiger partial charge in [0.05, 0.1) is 0 Å². The van der Waals surface area contributed by atoms with Gasteiger partial charge in [-0.2, -0.15) is 4.98 Å². The molecule has 3 rings (SSSR count). The quantitative estimate of drug-likeness (QED) is 0.548. The summed E-state index contributed by atoms with van der Waals surface area (Å²) in [5.74, 6) is 2.27. The van der Waals surface area contributed by atoms with E-state index in [1.54, 1.807) is 12.4 Å². The third-order valence-electron chi connectivity index (χ3n) is 4.68. The van der Waals surface area contributed by atoms with Crippen LogP contribution in [0.1, 0.15) is 61.9 Å². The van der Waals surface area contributed by atoms with Gasteiger partial charge in [-0.25, -0.2) is 4.98 Å². The highest BCUT2D eigenvalue weighted by Crippen LogP contribution is 2.34. The van der Waals surface area contributed by atoms with E-state index in [0.29, 0.717) is 24.3 Å². The molecular weight excluding hydrogens is 346 g/mol. The summed E-state index contributed by atoms with van der Waals surface area (Å²) in [7, 11) is 0. The second kappa shape index (κ2) is 8.83. The van der Waals surface area contributed by atoms with E-state index in [4.69, 9.17) is 4.98 Å². The molecule has 0 aliphatic rings. The van der Waals surface area contributed by atoms with Crippen molar-refractivity contribution >= 4 is 17.5 Å². The smallest absolute Gasteiger partial charge is 0.225 e. The van der Waals surface area contributed by atoms with Crippen molar-refractivity contribution in [1.29, 1.82) is 0 Å². The maximum atomic E-state index is 4.70. The molecule has 5 heteroatoms. The number of anilines is 3. The van der Waals surface area contributed by atoms with Crippen molar-refractivity contribution in [1.82, 2.24) is 15.0 Å². The van der Waals surface area contributed by atoms with Gasteiger partial charge in [-0.3, -0.25) is 4.98 Å². The predicted octanol–water partition coefficient (Wildman–Crippen LogP) is 5.78. The number of pyridine rings is 1. The Labute approximate surface area is 167 Å². The van der Waals surface area contributed by atoms with Gasteiger partial charge in [0.25, 0.3) is 0 Å². The summed E-state index contributed by atoms with van der Waals surface area (Å²) < 4.78 is 0. The molecule has 0 spiro atoms. The van der Waals surface area contributed by atoms with Gasteiger partial charge in [-0.15, -0.1) is 0 Å². The standard InChI is InChI=1S/C23H29N5/c1-15(2)19-7-6-8-20(16(3)4)22(19)27-21-13-17(5)26-23(28-21)25-14-18-9-11-24-12-10-18/h6-13,15-16H,14H2,1-5H3,(H2,25,26,27,28). The number of nitrogens with zero attached hydrogens (tertiary/aromatic N) is 3. The molecule has 0 unspecified atom stereocenters. The Morgan fingerprint density at radius 2 is 1.54 bits per heavy atom. The van der Waals surface area contributed by atoms with Crippen molar-refractivity contribution in [2.45, 2.75) is 53.0 Å². The van der Waals surface area contributed by atoms with Crippen LogP contribution >= 0.6 is 0 Å². The van der Waals surface area contributed by atoms with Crippen LogP contribution in [-0.4, -0.2) is 15.0 Å². The lowest BCUT2D eigenvalue weighted by atomic mass is 9.92. The molecular formula is C23H29N5. The van der Waals surface area contributed by atoms with Crippen molar-refractivity contribution in [2.75, 3.05) is 10.6 Å². The summed E-state index contributed by atoms with van der Waals surface area (Å²) in [6, 6.07) is 12.5. The van der Waals surface area contributed by atoms with Crippen molar-refractivity contribution in [3.05, 3.63) is 71.2 Å². The molecule has 0 radical (unpaired) electrons. The van der Waals surface area contributed by atoms with E-state index >= 15 is 0 Å². The fourth-order valence-corrected chi connectivity index (χ4v) is 3.22. The lowest BCUT2D eigenvalue weighted by Gasteiger charge is -2.21. The van der Waals surface area contributed by atoms with Gasteiger partial charge < -0.3 is 10.6 Å². The largest absolute Gasteiger partial charge is 0.350 e. The van der Waals surface area contributed by atoms with E-state index in [0.717, 1.165) is 22.8 Å². The Morgan fingerprint density at radius 3 is 2.14 bits per heavy atom. The molecule has 0 aliphatic heterocycles. The minimum Gasteiger partial charge on any atom is -0.350 e. The van der Waals surface area contributed by atoms with Crippen molar-refractivity contribution in [3.63, 3.8) is 0 Å². The molecule has 0 bridgehead atoms. The molecule has 0 atom stereocenters. The first-order valence-electron chi connectivity index (χ1n) is 9.82. The Kier molecular flexibility index (Phi) is 6.24. The molecule has 3 aromatic rings. The first-order chi connectivity index (χ1) is 13.4. The van der Waals surface area contributed by atoms with Crippen LogP contribution in [0.15, 0.2) is 48.8 Å². The number of nitrogens with one attached hydrogen (secondary N) is 2. The Morgan fingerprint density at radius 1 is 0.893 bits per heavy atom. The summed E-state index contributed by atoms with van der Waals surface area (Å²) in [4.78, 5) is 13.3. The zero-order chi connectivity index (χ0) is 20.1. The van der Waals surface area contributed by atoms with Gasteiger partial charge in [-0.1, -0.05) is 45.9 Å². The molecule has 146 valence electrons. The minimum atomic E-state index is 0.424. The summed E-state index contributed by atoms with van der Waals surface area (Å²) in [5.41, 5.74) is 5.82. The maximum absolute atomic E-state index is 4.70. The zero-order valence-electron chi connectivity index (χ0n) is 17.3.